The highest BCUT2D eigenvalue weighted by Crippen LogP contribution is 2.26. The molecule has 7 heteroatoms. The van der Waals surface area contributed by atoms with E-state index in [0.29, 0.717) is 38.4 Å². The fraction of sp³-hybridized carbons (Fsp3) is 0.588. The molecular weight excluding hydrogens is 328 g/mol. The summed E-state index contributed by atoms with van der Waals surface area (Å²) in [5.41, 5.74) is 2.48. The van der Waals surface area contributed by atoms with E-state index in [-0.39, 0.29) is 5.91 Å². The molecule has 1 aromatic carbocycles. The summed E-state index contributed by atoms with van der Waals surface area (Å²) >= 11 is 0. The Morgan fingerprint density at radius 1 is 1.21 bits per heavy atom. The maximum absolute atomic E-state index is 12.9. The molecule has 0 spiro atoms. The lowest BCUT2D eigenvalue weighted by Gasteiger charge is -2.35. The normalized spacial score (nSPS) is 16.8. The second-order valence-corrected chi connectivity index (χ2v) is 8.13. The number of aryl methyl sites for hydroxylation is 2. The Labute approximate surface area is 144 Å². The minimum atomic E-state index is -3.59. The molecule has 1 aromatic rings. The van der Waals surface area contributed by atoms with Crippen LogP contribution in [0.15, 0.2) is 18.2 Å². The van der Waals surface area contributed by atoms with Gasteiger partial charge in [0.05, 0.1) is 25.2 Å². The number of carbonyl (C=O) groups is 1. The number of hydrogen-bond acceptors (Lipinski definition) is 4. The van der Waals surface area contributed by atoms with Gasteiger partial charge in [-0.3, -0.25) is 9.10 Å². The number of carbonyl (C=O) groups excluding carboxylic acids is 1. The first-order chi connectivity index (χ1) is 11.2. The number of nitrogens with zero attached hydrogens (tertiary/aromatic N) is 2. The number of morpholine rings is 1. The van der Waals surface area contributed by atoms with Crippen molar-refractivity contribution in [1.82, 2.24) is 4.90 Å². The van der Waals surface area contributed by atoms with Crippen LogP contribution in [0.5, 0.6) is 0 Å². The maximum Gasteiger partial charge on any atom is 0.246 e. The number of amides is 1. The van der Waals surface area contributed by atoms with Gasteiger partial charge in [0.25, 0.3) is 0 Å². The summed E-state index contributed by atoms with van der Waals surface area (Å²) in [6.07, 6.45) is 1.57. The van der Waals surface area contributed by atoms with Gasteiger partial charge in [-0.1, -0.05) is 13.0 Å². The van der Waals surface area contributed by atoms with E-state index in [1.54, 1.807) is 4.90 Å². The zero-order valence-corrected chi connectivity index (χ0v) is 15.6. The zero-order valence-electron chi connectivity index (χ0n) is 14.8. The molecule has 24 heavy (non-hydrogen) atoms. The summed E-state index contributed by atoms with van der Waals surface area (Å²) in [6.45, 7) is 7.65. The third-order valence-electron chi connectivity index (χ3n) is 4.10. The molecule has 0 unspecified atom stereocenters. The summed E-state index contributed by atoms with van der Waals surface area (Å²) in [5, 5.41) is 0. The number of sulfonamides is 1. The van der Waals surface area contributed by atoms with Gasteiger partial charge in [0, 0.05) is 13.1 Å². The van der Waals surface area contributed by atoms with E-state index in [0.717, 1.165) is 17.4 Å². The Bertz CT molecular complexity index is 676. The molecule has 2 rings (SSSR count). The van der Waals surface area contributed by atoms with Crippen molar-refractivity contribution in [2.45, 2.75) is 33.2 Å². The van der Waals surface area contributed by atoms with Gasteiger partial charge in [-0.05, 0) is 43.5 Å². The molecule has 1 atom stereocenters. The lowest BCUT2D eigenvalue weighted by atomic mass is 10.1. The lowest BCUT2D eigenvalue weighted by molar-refractivity contribution is -0.136. The Morgan fingerprint density at radius 3 is 2.21 bits per heavy atom. The fourth-order valence-electron chi connectivity index (χ4n) is 3.12. The standard InChI is InChI=1S/C17H26N2O4S/c1-5-16(17(20)18-6-8-23-9-7-18)19(24(4,21)22)15-11-13(2)10-14(3)12-15/h10-12,16H,5-9H2,1-4H3/t16-/m0/s1. The van der Waals surface area contributed by atoms with Crippen molar-refractivity contribution in [3.63, 3.8) is 0 Å². The van der Waals surface area contributed by atoms with Gasteiger partial charge in [-0.25, -0.2) is 8.42 Å². The summed E-state index contributed by atoms with van der Waals surface area (Å²) in [4.78, 5) is 14.6. The maximum atomic E-state index is 12.9. The van der Waals surface area contributed by atoms with Crippen molar-refractivity contribution >= 4 is 21.6 Å². The van der Waals surface area contributed by atoms with Crippen molar-refractivity contribution in [3.8, 4) is 0 Å². The van der Waals surface area contributed by atoms with E-state index in [2.05, 4.69) is 0 Å². The van der Waals surface area contributed by atoms with Gasteiger partial charge in [0.2, 0.25) is 15.9 Å². The van der Waals surface area contributed by atoms with Crippen LogP contribution in [0.2, 0.25) is 0 Å². The van der Waals surface area contributed by atoms with Crippen LogP contribution in [-0.2, 0) is 19.6 Å². The average Bonchev–Trinajstić information content (AvgIpc) is 2.50. The summed E-state index contributed by atoms with van der Waals surface area (Å²) in [6, 6.07) is 4.86. The molecule has 0 aliphatic carbocycles. The Hall–Kier alpha value is -1.60. The van der Waals surface area contributed by atoms with Gasteiger partial charge >= 0.3 is 0 Å². The summed E-state index contributed by atoms with van der Waals surface area (Å²) in [7, 11) is -3.59. The minimum Gasteiger partial charge on any atom is -0.378 e. The first-order valence-corrected chi connectivity index (χ1v) is 10.0. The molecule has 0 N–H and O–H groups in total. The fourth-order valence-corrected chi connectivity index (χ4v) is 4.31. The van der Waals surface area contributed by atoms with E-state index in [1.165, 1.54) is 4.31 Å². The van der Waals surface area contributed by atoms with Crippen LogP contribution in [0.25, 0.3) is 0 Å². The highest BCUT2D eigenvalue weighted by Gasteiger charge is 2.34. The highest BCUT2D eigenvalue weighted by atomic mass is 32.2. The molecular formula is C17H26N2O4S. The van der Waals surface area contributed by atoms with Crippen LogP contribution >= 0.6 is 0 Å². The van der Waals surface area contributed by atoms with Crippen LogP contribution < -0.4 is 4.31 Å². The number of ether oxygens (including phenoxy) is 1. The Morgan fingerprint density at radius 2 is 1.75 bits per heavy atom. The van der Waals surface area contributed by atoms with Gasteiger partial charge in [-0.15, -0.1) is 0 Å². The SMILES string of the molecule is CC[C@@H](C(=O)N1CCOCC1)N(c1cc(C)cc(C)c1)S(C)(=O)=O. The monoisotopic (exact) mass is 354 g/mol. The number of anilines is 1. The Balaban J connectivity index is 2.43. The average molecular weight is 354 g/mol. The van der Waals surface area contributed by atoms with Crippen molar-refractivity contribution < 1.29 is 17.9 Å². The molecule has 6 nitrogen and oxygen atoms in total. The van der Waals surface area contributed by atoms with Crippen LogP contribution in [-0.4, -0.2) is 57.8 Å². The smallest absolute Gasteiger partial charge is 0.246 e. The second kappa shape index (κ2) is 7.53. The topological polar surface area (TPSA) is 66.9 Å². The number of hydrogen-bond donors (Lipinski definition) is 0. The molecule has 1 aliphatic rings. The van der Waals surface area contributed by atoms with Gasteiger partial charge < -0.3 is 9.64 Å². The molecule has 1 amide bonds. The van der Waals surface area contributed by atoms with Crippen LogP contribution in [0, 0.1) is 13.8 Å². The highest BCUT2D eigenvalue weighted by molar-refractivity contribution is 7.92. The number of benzene rings is 1. The quantitative estimate of drug-likeness (QED) is 0.807. The first-order valence-electron chi connectivity index (χ1n) is 8.18. The van der Waals surface area contributed by atoms with E-state index < -0.39 is 16.1 Å². The summed E-state index contributed by atoms with van der Waals surface area (Å²) in [5.74, 6) is -0.162. The predicted molar refractivity (Wildman–Crippen MR) is 94.7 cm³/mol. The molecule has 1 heterocycles. The van der Waals surface area contributed by atoms with Gasteiger partial charge in [-0.2, -0.15) is 0 Å². The minimum absolute atomic E-state index is 0.162. The third kappa shape index (κ3) is 4.27. The van der Waals surface area contributed by atoms with Crippen molar-refractivity contribution in [2.75, 3.05) is 36.9 Å². The van der Waals surface area contributed by atoms with E-state index in [9.17, 15) is 13.2 Å². The Kier molecular flexibility index (Phi) is 5.87. The molecule has 0 saturated carbocycles. The van der Waals surface area contributed by atoms with Gasteiger partial charge in [0.15, 0.2) is 0 Å². The lowest BCUT2D eigenvalue weighted by Crippen LogP contribution is -2.53. The van der Waals surface area contributed by atoms with E-state index >= 15 is 0 Å². The largest absolute Gasteiger partial charge is 0.378 e. The van der Waals surface area contributed by atoms with Crippen molar-refractivity contribution in [2.24, 2.45) is 0 Å². The van der Waals surface area contributed by atoms with Crippen molar-refractivity contribution in [3.05, 3.63) is 29.3 Å². The summed E-state index contributed by atoms with van der Waals surface area (Å²) < 4.78 is 31.5. The van der Waals surface area contributed by atoms with Crippen LogP contribution in [0.1, 0.15) is 24.5 Å². The zero-order chi connectivity index (χ0) is 17.9. The molecule has 1 saturated heterocycles. The van der Waals surface area contributed by atoms with E-state index in [4.69, 9.17) is 4.74 Å². The molecule has 0 aromatic heterocycles. The predicted octanol–water partition coefficient (Wildman–Crippen LogP) is 1.71. The second-order valence-electron chi connectivity index (χ2n) is 6.27. The third-order valence-corrected chi connectivity index (χ3v) is 5.28. The van der Waals surface area contributed by atoms with Gasteiger partial charge in [0.1, 0.15) is 6.04 Å². The first kappa shape index (κ1) is 18.7. The molecule has 0 bridgehead atoms. The van der Waals surface area contributed by atoms with Crippen LogP contribution in [0.3, 0.4) is 0 Å². The molecule has 1 fully saturated rings. The van der Waals surface area contributed by atoms with Crippen molar-refractivity contribution in [1.29, 1.82) is 0 Å². The molecule has 134 valence electrons. The number of rotatable bonds is 5. The molecule has 0 radical (unpaired) electrons. The van der Waals surface area contributed by atoms with E-state index in [1.807, 2.05) is 39.0 Å². The van der Waals surface area contributed by atoms with Crippen LogP contribution in [0.4, 0.5) is 5.69 Å². The molecule has 1 aliphatic heterocycles.